The van der Waals surface area contributed by atoms with Gasteiger partial charge < -0.3 is 9.40 Å². The van der Waals surface area contributed by atoms with Gasteiger partial charge in [0.1, 0.15) is 0 Å². The molecule has 0 amide bonds. The molecule has 7 rings (SSSR count). The van der Waals surface area contributed by atoms with Gasteiger partial charge in [-0.2, -0.15) is 0 Å². The van der Waals surface area contributed by atoms with E-state index in [0.29, 0.717) is 16.8 Å². The molecule has 0 aliphatic heterocycles. The summed E-state index contributed by atoms with van der Waals surface area (Å²) in [6.07, 6.45) is 2.93. The molecule has 0 N–H and O–H groups in total. The summed E-state index contributed by atoms with van der Waals surface area (Å²) in [6.45, 7) is -3.24. The van der Waals surface area contributed by atoms with Crippen LogP contribution in [0.5, 0.6) is 0 Å². The van der Waals surface area contributed by atoms with Crippen LogP contribution in [0.3, 0.4) is 0 Å². The van der Waals surface area contributed by atoms with Crippen molar-refractivity contribution in [2.45, 2.75) is 20.6 Å². The largest absolute Gasteiger partial charge is 0.499 e. The molecule has 0 atom stereocenters. The van der Waals surface area contributed by atoms with E-state index >= 15 is 0 Å². The van der Waals surface area contributed by atoms with Gasteiger partial charge in [-0.05, 0) is 42.2 Å². The molecule has 3 nitrogen and oxygen atoms in total. The smallest absolute Gasteiger partial charge is 0.0944 e. The first-order valence-corrected chi connectivity index (χ1v) is 13.5. The van der Waals surface area contributed by atoms with E-state index in [1.54, 1.807) is 6.20 Å². The van der Waals surface area contributed by atoms with E-state index in [2.05, 4.69) is 22.1 Å². The van der Waals surface area contributed by atoms with E-state index in [-0.39, 0.29) is 31.2 Å². The van der Waals surface area contributed by atoms with Gasteiger partial charge in [0.05, 0.1) is 11.3 Å². The normalized spacial score (nSPS) is 13.1. The Bertz CT molecular complexity index is 2110. The summed E-state index contributed by atoms with van der Waals surface area (Å²) in [5.41, 5.74) is 6.59. The molecule has 1 radical (unpaired) electrons. The Kier molecular flexibility index (Phi) is 7.22. The monoisotopic (exact) mass is 741 g/mol. The van der Waals surface area contributed by atoms with Gasteiger partial charge in [-0.25, -0.2) is 0 Å². The number of benzene rings is 4. The maximum absolute atomic E-state index is 7.92. The standard InChI is InChI=1S/C28H22NO.C11H8N.Ir/c1-18-14-26(29-17-19(18)2)23-15-24-20(3)27(22-12-8-5-9-13-22)30-28(24)25(16-23)21-10-6-4-7-11-21;1-2-6-10(7-3-1)11-8-4-5-9-12-11;/h4-14,16-17H,1-3H3;1-6,8-9H;/q2*-1;/i1D3,2D3;;. The zero-order valence-corrected chi connectivity index (χ0v) is 25.7. The first-order chi connectivity index (χ1) is 23.0. The average molecular weight is 741 g/mol. The fraction of sp³-hybridized carbons (Fsp3) is 0.0769. The molecule has 0 unspecified atom stereocenters. The van der Waals surface area contributed by atoms with Crippen molar-refractivity contribution in [3.8, 4) is 45.0 Å². The van der Waals surface area contributed by atoms with E-state index in [1.807, 2.05) is 116 Å². The summed E-state index contributed by atoms with van der Waals surface area (Å²) in [7, 11) is 0. The number of pyridine rings is 2. The molecule has 0 bridgehead atoms. The maximum atomic E-state index is 7.92. The molecular weight excluding hydrogens is 705 g/mol. The Morgan fingerprint density at radius 3 is 2.09 bits per heavy atom. The van der Waals surface area contributed by atoms with E-state index in [1.165, 1.54) is 6.07 Å². The van der Waals surface area contributed by atoms with Crippen molar-refractivity contribution < 1.29 is 32.7 Å². The van der Waals surface area contributed by atoms with Crippen LogP contribution in [-0.2, 0) is 20.1 Å². The molecule has 4 aromatic carbocycles. The molecule has 0 fully saturated rings. The van der Waals surface area contributed by atoms with Crippen LogP contribution >= 0.6 is 0 Å². The fourth-order valence-electron chi connectivity index (χ4n) is 4.75. The number of aryl methyl sites for hydroxylation is 3. The Labute approximate surface area is 275 Å². The number of rotatable bonds is 4. The average Bonchev–Trinajstić information content (AvgIpc) is 3.44. The first-order valence-electron chi connectivity index (χ1n) is 16.5. The van der Waals surface area contributed by atoms with Crippen molar-refractivity contribution in [2.75, 3.05) is 0 Å². The predicted octanol–water partition coefficient (Wildman–Crippen LogP) is 10.1. The quantitative estimate of drug-likeness (QED) is 0.169. The Hall–Kier alpha value is -4.63. The van der Waals surface area contributed by atoms with Gasteiger partial charge in [-0.15, -0.1) is 48.0 Å². The van der Waals surface area contributed by atoms with Crippen LogP contribution in [0.25, 0.3) is 55.9 Å². The zero-order chi connectivity index (χ0) is 33.9. The molecule has 0 spiro atoms. The summed E-state index contributed by atoms with van der Waals surface area (Å²) in [6, 6.07) is 42.9. The van der Waals surface area contributed by atoms with E-state index in [9.17, 15) is 0 Å². The van der Waals surface area contributed by atoms with Crippen molar-refractivity contribution in [1.82, 2.24) is 9.97 Å². The van der Waals surface area contributed by atoms with Crippen LogP contribution in [-0.4, -0.2) is 9.97 Å². The molecule has 4 heteroatoms. The molecule has 213 valence electrons. The Balaban J connectivity index is 0.000000303. The zero-order valence-electron chi connectivity index (χ0n) is 29.3. The minimum absolute atomic E-state index is 0. The van der Waals surface area contributed by atoms with Gasteiger partial charge in [0, 0.05) is 52.0 Å². The second kappa shape index (κ2) is 13.6. The number of fused-ring (bicyclic) bond motifs is 1. The van der Waals surface area contributed by atoms with Gasteiger partial charge in [0.2, 0.25) is 0 Å². The predicted molar refractivity (Wildman–Crippen MR) is 172 cm³/mol. The molecule has 3 heterocycles. The van der Waals surface area contributed by atoms with Crippen molar-refractivity contribution >= 4 is 11.0 Å². The van der Waals surface area contributed by atoms with Crippen molar-refractivity contribution in [3.05, 3.63) is 156 Å². The number of furan rings is 1. The summed E-state index contributed by atoms with van der Waals surface area (Å²) in [5.74, 6) is 0.727. The van der Waals surface area contributed by atoms with Crippen molar-refractivity contribution in [1.29, 1.82) is 0 Å². The van der Waals surface area contributed by atoms with Crippen LogP contribution in [0.2, 0.25) is 0 Å². The molecule has 43 heavy (non-hydrogen) atoms. The van der Waals surface area contributed by atoms with Crippen molar-refractivity contribution in [2.24, 2.45) is 0 Å². The second-order valence-corrected chi connectivity index (χ2v) is 9.70. The summed E-state index contributed by atoms with van der Waals surface area (Å²) < 4.78 is 53.4. The number of nitrogens with zero attached hydrogens (tertiary/aromatic N) is 2. The number of hydrogen-bond acceptors (Lipinski definition) is 3. The SMILES string of the molecule is [2H]C([2H])([2H])c1cnc(-c2[c-]c3c(C)c(-c4ccccc4)oc3c(-c3ccccc3)c2)cc1C([2H])([2H])[2H].[Ir].[c-]1ccccc1-c1ccccn1. The van der Waals surface area contributed by atoms with Crippen LogP contribution in [0.4, 0.5) is 0 Å². The van der Waals surface area contributed by atoms with Gasteiger partial charge in [-0.3, -0.25) is 4.98 Å². The minimum Gasteiger partial charge on any atom is -0.499 e. The maximum Gasteiger partial charge on any atom is 0.0944 e. The second-order valence-electron chi connectivity index (χ2n) is 9.70. The van der Waals surface area contributed by atoms with E-state index in [4.69, 9.17) is 12.6 Å². The number of hydrogen-bond donors (Lipinski definition) is 0. The fourth-order valence-corrected chi connectivity index (χ4v) is 4.75. The minimum atomic E-state index is -2.61. The molecule has 3 aromatic heterocycles. The van der Waals surface area contributed by atoms with Gasteiger partial charge in [0.25, 0.3) is 0 Å². The van der Waals surface area contributed by atoms with Crippen molar-refractivity contribution in [3.63, 3.8) is 0 Å². The van der Waals surface area contributed by atoms with Gasteiger partial charge >= 0.3 is 0 Å². The third-order valence-electron chi connectivity index (χ3n) is 6.89. The van der Waals surface area contributed by atoms with E-state index in [0.717, 1.165) is 50.9 Å². The molecular formula is C39H30IrN2O-2. The third kappa shape index (κ3) is 6.57. The van der Waals surface area contributed by atoms with E-state index < -0.39 is 13.7 Å². The molecule has 7 aromatic rings. The topological polar surface area (TPSA) is 38.9 Å². The van der Waals surface area contributed by atoms with Crippen LogP contribution in [0.1, 0.15) is 24.9 Å². The van der Waals surface area contributed by atoms with Crippen LogP contribution < -0.4 is 0 Å². The van der Waals surface area contributed by atoms with Crippen LogP contribution in [0, 0.1) is 32.8 Å². The Morgan fingerprint density at radius 2 is 1.42 bits per heavy atom. The van der Waals surface area contributed by atoms with Crippen LogP contribution in [0.15, 0.2) is 132 Å². The summed E-state index contributed by atoms with van der Waals surface area (Å²) >= 11 is 0. The first kappa shape index (κ1) is 22.9. The summed E-state index contributed by atoms with van der Waals surface area (Å²) in [5, 5.41) is 0.752. The molecule has 0 aliphatic carbocycles. The molecule has 0 saturated carbocycles. The molecule has 0 saturated heterocycles. The number of aromatic nitrogens is 2. The van der Waals surface area contributed by atoms with Gasteiger partial charge in [-0.1, -0.05) is 108 Å². The third-order valence-corrected chi connectivity index (χ3v) is 6.89. The van der Waals surface area contributed by atoms with Gasteiger partial charge in [0.15, 0.2) is 0 Å². The Morgan fingerprint density at radius 1 is 0.698 bits per heavy atom. The molecule has 0 aliphatic rings. The summed E-state index contributed by atoms with van der Waals surface area (Å²) in [4.78, 5) is 8.57.